The van der Waals surface area contributed by atoms with Crippen LogP contribution in [0.15, 0.2) is 54.9 Å². The number of benzene rings is 1. The highest BCUT2D eigenvalue weighted by Gasteiger charge is 2.01. The minimum atomic E-state index is 0.344. The van der Waals surface area contributed by atoms with Gasteiger partial charge >= 0.3 is 0 Å². The van der Waals surface area contributed by atoms with Crippen molar-refractivity contribution in [2.24, 2.45) is 5.73 Å². The smallest absolute Gasteiger partial charge is 0.130 e. The fraction of sp³-hybridized carbons (Fsp3) is 0. The molecule has 1 aromatic carbocycles. The summed E-state index contributed by atoms with van der Waals surface area (Å²) in [6, 6.07) is 13.7. The fourth-order valence-electron chi connectivity index (χ4n) is 1.90. The topological polar surface area (TPSA) is 63.8 Å². The number of pyridine rings is 2. The van der Waals surface area contributed by atoms with Gasteiger partial charge in [-0.15, -0.1) is 0 Å². The van der Waals surface area contributed by atoms with Crippen LogP contribution in [0.2, 0.25) is 0 Å². The predicted octanol–water partition coefficient (Wildman–Crippen LogP) is 3.01. The molecular formula is C15H12N4S. The van der Waals surface area contributed by atoms with Crippen molar-refractivity contribution in [1.82, 2.24) is 9.97 Å². The second kappa shape index (κ2) is 5.22. The Balaban J connectivity index is 1.87. The number of nitrogens with one attached hydrogen (secondary N) is 1. The first kappa shape index (κ1) is 12.5. The highest BCUT2D eigenvalue weighted by Crippen LogP contribution is 2.19. The van der Waals surface area contributed by atoms with Crippen molar-refractivity contribution in [3.63, 3.8) is 0 Å². The first-order valence-corrected chi connectivity index (χ1v) is 6.51. The molecule has 0 radical (unpaired) electrons. The largest absolute Gasteiger partial charge is 0.389 e. The van der Waals surface area contributed by atoms with E-state index in [-0.39, 0.29) is 0 Å². The number of para-hydroxylation sites is 1. The van der Waals surface area contributed by atoms with E-state index in [0.29, 0.717) is 4.99 Å². The molecule has 0 aliphatic heterocycles. The molecular weight excluding hydrogens is 268 g/mol. The lowest BCUT2D eigenvalue weighted by Gasteiger charge is -2.07. The molecule has 3 N–H and O–H groups in total. The zero-order valence-electron chi connectivity index (χ0n) is 10.6. The summed E-state index contributed by atoms with van der Waals surface area (Å²) >= 11 is 4.90. The summed E-state index contributed by atoms with van der Waals surface area (Å²) < 4.78 is 0. The Morgan fingerprint density at radius 1 is 1.05 bits per heavy atom. The molecule has 20 heavy (non-hydrogen) atoms. The van der Waals surface area contributed by atoms with Gasteiger partial charge in [-0.2, -0.15) is 0 Å². The van der Waals surface area contributed by atoms with Gasteiger partial charge in [-0.1, -0.05) is 30.4 Å². The van der Waals surface area contributed by atoms with Crippen LogP contribution in [0.1, 0.15) is 5.56 Å². The first-order chi connectivity index (χ1) is 9.72. The first-order valence-electron chi connectivity index (χ1n) is 6.10. The second-order valence-electron chi connectivity index (χ2n) is 4.34. The van der Waals surface area contributed by atoms with Gasteiger partial charge < -0.3 is 11.1 Å². The predicted molar refractivity (Wildman–Crippen MR) is 85.2 cm³/mol. The van der Waals surface area contributed by atoms with Crippen LogP contribution in [0.4, 0.5) is 11.5 Å². The van der Waals surface area contributed by atoms with Crippen molar-refractivity contribution in [1.29, 1.82) is 0 Å². The van der Waals surface area contributed by atoms with E-state index < -0.39 is 0 Å². The summed E-state index contributed by atoms with van der Waals surface area (Å²) in [5.74, 6) is 0.724. The molecule has 0 saturated carbocycles. The van der Waals surface area contributed by atoms with Gasteiger partial charge in [0.25, 0.3) is 0 Å². The van der Waals surface area contributed by atoms with Gasteiger partial charge in [0, 0.05) is 17.1 Å². The maximum atomic E-state index is 5.54. The minimum Gasteiger partial charge on any atom is -0.389 e. The number of aromatic nitrogens is 2. The van der Waals surface area contributed by atoms with Gasteiger partial charge in [0.2, 0.25) is 0 Å². The van der Waals surface area contributed by atoms with Gasteiger partial charge in [-0.3, -0.25) is 4.98 Å². The molecule has 0 aliphatic rings. The maximum Gasteiger partial charge on any atom is 0.130 e. The van der Waals surface area contributed by atoms with Crippen LogP contribution in [0.5, 0.6) is 0 Å². The lowest BCUT2D eigenvalue weighted by molar-refractivity contribution is 1.29. The third-order valence-corrected chi connectivity index (χ3v) is 3.15. The number of hydrogen-bond acceptors (Lipinski definition) is 4. The molecule has 0 aliphatic carbocycles. The molecule has 5 heteroatoms. The Bertz CT molecular complexity index is 768. The van der Waals surface area contributed by atoms with Crippen LogP contribution in [0.3, 0.4) is 0 Å². The Labute approximate surface area is 121 Å². The molecule has 0 bridgehead atoms. The average Bonchev–Trinajstić information content (AvgIpc) is 2.48. The molecule has 0 spiro atoms. The van der Waals surface area contributed by atoms with Crippen molar-refractivity contribution in [2.75, 3.05) is 5.32 Å². The quantitative estimate of drug-likeness (QED) is 0.722. The van der Waals surface area contributed by atoms with Gasteiger partial charge in [0.05, 0.1) is 17.4 Å². The zero-order chi connectivity index (χ0) is 13.9. The molecule has 0 fully saturated rings. The summed E-state index contributed by atoms with van der Waals surface area (Å²) in [5.41, 5.74) is 8.15. The molecule has 3 rings (SSSR count). The summed E-state index contributed by atoms with van der Waals surface area (Å²) in [7, 11) is 0. The van der Waals surface area contributed by atoms with Crippen LogP contribution < -0.4 is 11.1 Å². The van der Waals surface area contributed by atoms with Gasteiger partial charge in [0.1, 0.15) is 10.8 Å². The molecule has 98 valence electrons. The van der Waals surface area contributed by atoms with E-state index in [0.717, 1.165) is 28.0 Å². The Morgan fingerprint density at radius 2 is 1.90 bits per heavy atom. The molecule has 0 saturated heterocycles. The SMILES string of the molecule is NC(=S)c1ccc(Nc2cnc3ccccc3c2)nc1. The number of nitrogens with two attached hydrogens (primary N) is 1. The third-order valence-electron chi connectivity index (χ3n) is 2.91. The second-order valence-corrected chi connectivity index (χ2v) is 4.78. The number of thiocarbonyl (C=S) groups is 1. The monoisotopic (exact) mass is 280 g/mol. The molecule has 2 aromatic heterocycles. The van der Waals surface area contributed by atoms with E-state index in [9.17, 15) is 0 Å². The van der Waals surface area contributed by atoms with Crippen LogP contribution in [-0.4, -0.2) is 15.0 Å². The summed E-state index contributed by atoms with van der Waals surface area (Å²) in [5, 5.41) is 4.29. The van der Waals surface area contributed by atoms with E-state index in [4.69, 9.17) is 18.0 Å². The van der Waals surface area contributed by atoms with E-state index in [1.54, 1.807) is 12.4 Å². The van der Waals surface area contributed by atoms with Gasteiger partial charge in [-0.05, 0) is 24.3 Å². The lowest BCUT2D eigenvalue weighted by Crippen LogP contribution is -2.09. The van der Waals surface area contributed by atoms with E-state index in [1.165, 1.54) is 0 Å². The number of rotatable bonds is 3. The van der Waals surface area contributed by atoms with Crippen molar-refractivity contribution in [2.45, 2.75) is 0 Å². The minimum absolute atomic E-state index is 0.344. The zero-order valence-corrected chi connectivity index (χ0v) is 11.4. The van der Waals surface area contributed by atoms with Crippen molar-refractivity contribution in [3.8, 4) is 0 Å². The summed E-state index contributed by atoms with van der Waals surface area (Å²) in [4.78, 5) is 9.00. The van der Waals surface area contributed by atoms with Crippen molar-refractivity contribution in [3.05, 3.63) is 60.4 Å². The number of anilines is 2. The highest BCUT2D eigenvalue weighted by atomic mass is 32.1. The van der Waals surface area contributed by atoms with E-state index in [1.807, 2.05) is 42.5 Å². The Hall–Kier alpha value is -2.53. The Morgan fingerprint density at radius 3 is 2.65 bits per heavy atom. The molecule has 0 unspecified atom stereocenters. The molecule has 0 atom stereocenters. The fourth-order valence-corrected chi connectivity index (χ4v) is 2.02. The average molecular weight is 280 g/mol. The van der Waals surface area contributed by atoms with Crippen molar-refractivity contribution >= 4 is 39.6 Å². The maximum absolute atomic E-state index is 5.54. The van der Waals surface area contributed by atoms with Crippen LogP contribution in [0, 0.1) is 0 Å². The van der Waals surface area contributed by atoms with E-state index >= 15 is 0 Å². The van der Waals surface area contributed by atoms with E-state index in [2.05, 4.69) is 15.3 Å². The molecule has 3 aromatic rings. The highest BCUT2D eigenvalue weighted by molar-refractivity contribution is 7.80. The van der Waals surface area contributed by atoms with Crippen molar-refractivity contribution < 1.29 is 0 Å². The third kappa shape index (κ3) is 2.57. The van der Waals surface area contributed by atoms with Gasteiger partial charge in [0.15, 0.2) is 0 Å². The molecule has 2 heterocycles. The lowest BCUT2D eigenvalue weighted by atomic mass is 10.2. The molecule has 0 amide bonds. The number of nitrogens with zero attached hydrogens (tertiary/aromatic N) is 2. The van der Waals surface area contributed by atoms with Crippen LogP contribution in [0.25, 0.3) is 10.9 Å². The number of fused-ring (bicyclic) bond motifs is 1. The Kier molecular flexibility index (Phi) is 3.26. The summed E-state index contributed by atoms with van der Waals surface area (Å²) in [6.07, 6.45) is 3.44. The normalized spacial score (nSPS) is 10.4. The standard InChI is InChI=1S/C15H12N4S/c16-15(20)11-5-6-14(18-8-11)19-12-7-10-3-1-2-4-13(10)17-9-12/h1-9H,(H2,16,20)(H,18,19). The molecule has 4 nitrogen and oxygen atoms in total. The van der Waals surface area contributed by atoms with Gasteiger partial charge in [-0.25, -0.2) is 4.98 Å². The summed E-state index contributed by atoms with van der Waals surface area (Å²) in [6.45, 7) is 0. The number of hydrogen-bond donors (Lipinski definition) is 2. The van der Waals surface area contributed by atoms with Crippen LogP contribution in [-0.2, 0) is 0 Å². The van der Waals surface area contributed by atoms with Crippen LogP contribution >= 0.6 is 12.2 Å².